The van der Waals surface area contributed by atoms with Crippen molar-refractivity contribution in [1.82, 2.24) is 0 Å². The molecule has 0 heterocycles. The Morgan fingerprint density at radius 1 is 1.17 bits per heavy atom. The third kappa shape index (κ3) is 2.59. The zero-order chi connectivity index (χ0) is 13.1. The van der Waals surface area contributed by atoms with Gasteiger partial charge in [0, 0.05) is 23.5 Å². The minimum Gasteiger partial charge on any atom is -0.398 e. The molecule has 0 bridgehead atoms. The molecular formula is C14H14F2N2. The summed E-state index contributed by atoms with van der Waals surface area (Å²) in [6, 6.07) is 8.87. The number of nitrogens with one attached hydrogen (secondary N) is 1. The molecule has 0 aliphatic heterocycles. The zero-order valence-electron chi connectivity index (χ0n) is 10.0. The van der Waals surface area contributed by atoms with E-state index in [9.17, 15) is 8.78 Å². The Morgan fingerprint density at radius 2 is 1.94 bits per heavy atom. The van der Waals surface area contributed by atoms with Gasteiger partial charge in [0.05, 0.1) is 0 Å². The molecule has 2 aromatic rings. The summed E-state index contributed by atoms with van der Waals surface area (Å²) in [7, 11) is 0. The van der Waals surface area contributed by atoms with Crippen LogP contribution in [-0.4, -0.2) is 0 Å². The first-order chi connectivity index (χ1) is 8.58. The minimum atomic E-state index is -0.447. The van der Waals surface area contributed by atoms with Gasteiger partial charge in [0.25, 0.3) is 0 Å². The number of nitrogens with two attached hydrogens (primary N) is 1. The van der Waals surface area contributed by atoms with Crippen LogP contribution >= 0.6 is 0 Å². The van der Waals surface area contributed by atoms with E-state index in [0.29, 0.717) is 5.69 Å². The summed E-state index contributed by atoms with van der Waals surface area (Å²) in [5, 5.41) is 3.05. The van der Waals surface area contributed by atoms with E-state index in [0.717, 1.165) is 23.4 Å². The van der Waals surface area contributed by atoms with Gasteiger partial charge in [-0.1, -0.05) is 6.07 Å². The van der Waals surface area contributed by atoms with Gasteiger partial charge in [0.1, 0.15) is 11.6 Å². The number of benzene rings is 2. The molecule has 94 valence electrons. The second-order valence-electron chi connectivity index (χ2n) is 4.11. The van der Waals surface area contributed by atoms with Gasteiger partial charge in [-0.25, -0.2) is 8.78 Å². The van der Waals surface area contributed by atoms with Gasteiger partial charge in [-0.15, -0.1) is 0 Å². The largest absolute Gasteiger partial charge is 0.398 e. The first-order valence-corrected chi connectivity index (χ1v) is 5.61. The van der Waals surface area contributed by atoms with Crippen LogP contribution in [0.2, 0.25) is 0 Å². The molecule has 0 radical (unpaired) electrons. The van der Waals surface area contributed by atoms with E-state index in [2.05, 4.69) is 5.32 Å². The quantitative estimate of drug-likeness (QED) is 0.816. The van der Waals surface area contributed by atoms with Gasteiger partial charge in [-0.3, -0.25) is 0 Å². The molecule has 0 fully saturated rings. The van der Waals surface area contributed by atoms with E-state index >= 15 is 0 Å². The van der Waals surface area contributed by atoms with Gasteiger partial charge >= 0.3 is 0 Å². The average Bonchev–Trinajstić information content (AvgIpc) is 2.35. The lowest BCUT2D eigenvalue weighted by molar-refractivity contribution is 0.587. The van der Waals surface area contributed by atoms with Crippen LogP contribution in [-0.2, 0) is 6.54 Å². The molecule has 0 aliphatic rings. The molecule has 2 nitrogen and oxygen atoms in total. The van der Waals surface area contributed by atoms with Crippen molar-refractivity contribution < 1.29 is 8.78 Å². The second-order valence-corrected chi connectivity index (χ2v) is 4.11. The van der Waals surface area contributed by atoms with Crippen molar-refractivity contribution >= 4 is 11.4 Å². The molecule has 3 N–H and O–H groups in total. The molecule has 0 aliphatic carbocycles. The van der Waals surface area contributed by atoms with Crippen molar-refractivity contribution in [2.75, 3.05) is 11.1 Å². The van der Waals surface area contributed by atoms with Crippen molar-refractivity contribution in [3.63, 3.8) is 0 Å². The smallest absolute Gasteiger partial charge is 0.128 e. The average molecular weight is 248 g/mol. The molecule has 0 aromatic heterocycles. The summed E-state index contributed by atoms with van der Waals surface area (Å²) < 4.78 is 26.4. The SMILES string of the molecule is Cc1c(N)cccc1NCc1cc(F)ccc1F. The van der Waals surface area contributed by atoms with Crippen LogP contribution in [0.1, 0.15) is 11.1 Å². The summed E-state index contributed by atoms with van der Waals surface area (Å²) in [5.41, 5.74) is 8.44. The van der Waals surface area contributed by atoms with E-state index in [1.165, 1.54) is 6.07 Å². The lowest BCUT2D eigenvalue weighted by atomic mass is 10.1. The molecule has 0 unspecified atom stereocenters. The van der Waals surface area contributed by atoms with E-state index in [-0.39, 0.29) is 12.1 Å². The van der Waals surface area contributed by atoms with Crippen LogP contribution in [0.4, 0.5) is 20.2 Å². The van der Waals surface area contributed by atoms with Crippen molar-refractivity contribution in [3.8, 4) is 0 Å². The number of hydrogen-bond acceptors (Lipinski definition) is 2. The molecule has 0 atom stereocenters. The Bertz CT molecular complexity index is 566. The topological polar surface area (TPSA) is 38.0 Å². The molecule has 0 saturated carbocycles. The minimum absolute atomic E-state index is 0.216. The number of anilines is 2. The molecule has 18 heavy (non-hydrogen) atoms. The van der Waals surface area contributed by atoms with Crippen LogP contribution < -0.4 is 11.1 Å². The molecule has 0 amide bonds. The molecule has 0 saturated heterocycles. The monoisotopic (exact) mass is 248 g/mol. The van der Waals surface area contributed by atoms with Crippen LogP contribution in [0, 0.1) is 18.6 Å². The normalized spacial score (nSPS) is 10.4. The Balaban J connectivity index is 2.16. The predicted molar refractivity (Wildman–Crippen MR) is 69.3 cm³/mol. The van der Waals surface area contributed by atoms with E-state index in [1.54, 1.807) is 6.07 Å². The summed E-state index contributed by atoms with van der Waals surface area (Å²) in [4.78, 5) is 0. The highest BCUT2D eigenvalue weighted by Gasteiger charge is 2.05. The standard InChI is InChI=1S/C14H14F2N2/c1-9-13(17)3-2-4-14(9)18-8-10-7-11(15)5-6-12(10)16/h2-7,18H,8,17H2,1H3. The van der Waals surface area contributed by atoms with Crippen molar-refractivity contribution in [1.29, 1.82) is 0 Å². The van der Waals surface area contributed by atoms with Gasteiger partial charge < -0.3 is 11.1 Å². The lowest BCUT2D eigenvalue weighted by Gasteiger charge is -2.11. The lowest BCUT2D eigenvalue weighted by Crippen LogP contribution is -2.04. The zero-order valence-corrected chi connectivity index (χ0v) is 10.0. The highest BCUT2D eigenvalue weighted by atomic mass is 19.1. The fraction of sp³-hybridized carbons (Fsp3) is 0.143. The highest BCUT2D eigenvalue weighted by Crippen LogP contribution is 2.21. The van der Waals surface area contributed by atoms with Crippen LogP contribution in [0.25, 0.3) is 0 Å². The number of hydrogen-bond donors (Lipinski definition) is 2. The fourth-order valence-corrected chi connectivity index (χ4v) is 1.71. The Morgan fingerprint density at radius 3 is 2.72 bits per heavy atom. The van der Waals surface area contributed by atoms with Gasteiger partial charge in [-0.2, -0.15) is 0 Å². The fourth-order valence-electron chi connectivity index (χ4n) is 1.71. The highest BCUT2D eigenvalue weighted by molar-refractivity contribution is 5.62. The van der Waals surface area contributed by atoms with Crippen LogP contribution in [0.5, 0.6) is 0 Å². The second kappa shape index (κ2) is 5.04. The molecular weight excluding hydrogens is 234 g/mol. The Kier molecular flexibility index (Phi) is 3.46. The molecule has 4 heteroatoms. The van der Waals surface area contributed by atoms with Crippen molar-refractivity contribution in [2.24, 2.45) is 0 Å². The predicted octanol–water partition coefficient (Wildman–Crippen LogP) is 3.47. The van der Waals surface area contributed by atoms with Crippen molar-refractivity contribution in [2.45, 2.75) is 13.5 Å². The van der Waals surface area contributed by atoms with Crippen LogP contribution in [0.15, 0.2) is 36.4 Å². The van der Waals surface area contributed by atoms with Gasteiger partial charge in [0.2, 0.25) is 0 Å². The summed E-state index contributed by atoms with van der Waals surface area (Å²) >= 11 is 0. The number of halogens is 2. The third-order valence-corrected chi connectivity index (χ3v) is 2.85. The van der Waals surface area contributed by atoms with Gasteiger partial charge in [-0.05, 0) is 42.8 Å². The molecule has 2 aromatic carbocycles. The van der Waals surface area contributed by atoms with E-state index in [1.807, 2.05) is 19.1 Å². The van der Waals surface area contributed by atoms with E-state index in [4.69, 9.17) is 5.73 Å². The maximum Gasteiger partial charge on any atom is 0.128 e. The Labute approximate surface area is 104 Å². The third-order valence-electron chi connectivity index (χ3n) is 2.85. The Hall–Kier alpha value is -2.10. The molecule has 0 spiro atoms. The van der Waals surface area contributed by atoms with Crippen LogP contribution in [0.3, 0.4) is 0 Å². The summed E-state index contributed by atoms with van der Waals surface area (Å²) in [6.45, 7) is 2.09. The van der Waals surface area contributed by atoms with Crippen molar-refractivity contribution in [3.05, 3.63) is 59.2 Å². The number of rotatable bonds is 3. The maximum absolute atomic E-state index is 13.4. The van der Waals surface area contributed by atoms with E-state index < -0.39 is 11.6 Å². The number of nitrogen functional groups attached to an aromatic ring is 1. The maximum atomic E-state index is 13.4. The van der Waals surface area contributed by atoms with Gasteiger partial charge in [0.15, 0.2) is 0 Å². The molecule has 2 rings (SSSR count). The summed E-state index contributed by atoms with van der Waals surface area (Å²) in [5.74, 6) is -0.872. The summed E-state index contributed by atoms with van der Waals surface area (Å²) in [6.07, 6.45) is 0. The first-order valence-electron chi connectivity index (χ1n) is 5.61. The first kappa shape index (κ1) is 12.4.